The van der Waals surface area contributed by atoms with E-state index < -0.39 is 11.7 Å². The third kappa shape index (κ3) is 3.52. The van der Waals surface area contributed by atoms with Crippen LogP contribution in [0.3, 0.4) is 0 Å². The first-order valence-electron chi connectivity index (χ1n) is 5.91. The van der Waals surface area contributed by atoms with Gasteiger partial charge < -0.3 is 5.73 Å². The molecule has 0 saturated heterocycles. The average Bonchev–Trinajstić information content (AvgIpc) is 2.38. The van der Waals surface area contributed by atoms with E-state index in [1.54, 1.807) is 0 Å². The van der Waals surface area contributed by atoms with Crippen LogP contribution in [0.25, 0.3) is 0 Å². The number of halogens is 3. The molecule has 0 aliphatic rings. The minimum Gasteiger partial charge on any atom is -0.326 e. The molecule has 106 valence electrons. The summed E-state index contributed by atoms with van der Waals surface area (Å²) >= 11 is 1.32. The van der Waals surface area contributed by atoms with Gasteiger partial charge in [-0.2, -0.15) is 13.2 Å². The molecule has 0 bridgehead atoms. The van der Waals surface area contributed by atoms with Crippen molar-refractivity contribution >= 4 is 11.8 Å². The predicted octanol–water partition coefficient (Wildman–Crippen LogP) is 4.02. The van der Waals surface area contributed by atoms with E-state index in [-0.39, 0.29) is 0 Å². The zero-order valence-electron chi connectivity index (χ0n) is 10.7. The quantitative estimate of drug-likeness (QED) is 0.930. The molecule has 1 aromatic heterocycles. The number of alkyl halides is 3. The van der Waals surface area contributed by atoms with Crippen LogP contribution in [0.1, 0.15) is 16.7 Å². The van der Waals surface area contributed by atoms with Crippen LogP contribution in [0.4, 0.5) is 13.2 Å². The number of aryl methyl sites for hydroxylation is 1. The van der Waals surface area contributed by atoms with E-state index in [0.29, 0.717) is 11.6 Å². The topological polar surface area (TPSA) is 38.9 Å². The van der Waals surface area contributed by atoms with Crippen LogP contribution in [-0.2, 0) is 12.7 Å². The molecule has 2 aromatic rings. The van der Waals surface area contributed by atoms with Crippen molar-refractivity contribution in [1.82, 2.24) is 4.98 Å². The molecule has 1 heterocycles. The van der Waals surface area contributed by atoms with Crippen LogP contribution >= 0.6 is 11.8 Å². The van der Waals surface area contributed by atoms with E-state index >= 15 is 0 Å². The summed E-state index contributed by atoms with van der Waals surface area (Å²) in [5.41, 5.74) is 6.96. The second-order valence-electron chi connectivity index (χ2n) is 4.28. The van der Waals surface area contributed by atoms with Gasteiger partial charge >= 0.3 is 6.18 Å². The number of benzene rings is 1. The summed E-state index contributed by atoms with van der Waals surface area (Å²) in [5.74, 6) is 0. The molecule has 2 rings (SSSR count). The Morgan fingerprint density at radius 1 is 1.20 bits per heavy atom. The van der Waals surface area contributed by atoms with Crippen molar-refractivity contribution in [3.63, 3.8) is 0 Å². The van der Waals surface area contributed by atoms with E-state index in [0.717, 1.165) is 28.3 Å². The fourth-order valence-corrected chi connectivity index (χ4v) is 2.54. The zero-order valence-corrected chi connectivity index (χ0v) is 11.6. The molecule has 0 radical (unpaired) electrons. The minimum atomic E-state index is -4.35. The molecule has 0 unspecified atom stereocenters. The maximum absolute atomic E-state index is 12.4. The van der Waals surface area contributed by atoms with Crippen LogP contribution in [0.5, 0.6) is 0 Å². The first-order chi connectivity index (χ1) is 9.40. The first-order valence-corrected chi connectivity index (χ1v) is 6.72. The lowest BCUT2D eigenvalue weighted by atomic mass is 10.1. The molecule has 1 aromatic carbocycles. The Morgan fingerprint density at radius 2 is 1.95 bits per heavy atom. The highest BCUT2D eigenvalue weighted by molar-refractivity contribution is 7.99. The van der Waals surface area contributed by atoms with Crippen LogP contribution < -0.4 is 5.73 Å². The number of nitrogens with two attached hydrogens (primary N) is 1. The molecule has 0 atom stereocenters. The summed E-state index contributed by atoms with van der Waals surface area (Å²) in [5, 5.41) is 0.526. The van der Waals surface area contributed by atoms with Crippen molar-refractivity contribution in [1.29, 1.82) is 0 Å². The second-order valence-corrected chi connectivity index (χ2v) is 5.37. The van der Waals surface area contributed by atoms with Crippen molar-refractivity contribution < 1.29 is 13.2 Å². The Morgan fingerprint density at radius 3 is 2.45 bits per heavy atom. The second kappa shape index (κ2) is 5.85. The maximum Gasteiger partial charge on any atom is 0.417 e. The van der Waals surface area contributed by atoms with Crippen molar-refractivity contribution in [2.75, 3.05) is 0 Å². The van der Waals surface area contributed by atoms with Crippen LogP contribution in [0, 0.1) is 6.92 Å². The van der Waals surface area contributed by atoms with Gasteiger partial charge in [0.05, 0.1) is 5.56 Å². The van der Waals surface area contributed by atoms with Crippen LogP contribution in [0.15, 0.2) is 46.5 Å². The highest BCUT2D eigenvalue weighted by Gasteiger charge is 2.30. The Kier molecular flexibility index (Phi) is 4.35. The molecule has 20 heavy (non-hydrogen) atoms. The predicted molar refractivity (Wildman–Crippen MR) is 72.4 cm³/mol. The molecule has 0 saturated carbocycles. The Balaban J connectivity index is 2.16. The first kappa shape index (κ1) is 14.9. The van der Waals surface area contributed by atoms with E-state index in [2.05, 4.69) is 4.98 Å². The van der Waals surface area contributed by atoms with Gasteiger partial charge in [0.2, 0.25) is 0 Å². The zero-order chi connectivity index (χ0) is 14.8. The van der Waals surface area contributed by atoms with Gasteiger partial charge in [0.1, 0.15) is 5.03 Å². The molecule has 2 nitrogen and oxygen atoms in total. The van der Waals surface area contributed by atoms with Crippen molar-refractivity contribution in [2.45, 2.75) is 29.6 Å². The summed E-state index contributed by atoms with van der Waals surface area (Å²) in [6.45, 7) is 2.42. The lowest BCUT2D eigenvalue weighted by Crippen LogP contribution is -2.05. The van der Waals surface area contributed by atoms with E-state index in [1.807, 2.05) is 25.1 Å². The lowest BCUT2D eigenvalue weighted by molar-refractivity contribution is -0.137. The number of nitrogens with zero attached hydrogens (tertiary/aromatic N) is 1. The highest BCUT2D eigenvalue weighted by atomic mass is 32.2. The van der Waals surface area contributed by atoms with Gasteiger partial charge in [-0.1, -0.05) is 17.8 Å². The fourth-order valence-electron chi connectivity index (χ4n) is 1.69. The molecule has 0 amide bonds. The van der Waals surface area contributed by atoms with Gasteiger partial charge in [-0.3, -0.25) is 0 Å². The maximum atomic E-state index is 12.4. The molecular formula is C14H13F3N2S. The lowest BCUT2D eigenvalue weighted by Gasteiger charge is -2.08. The molecular weight excluding hydrogens is 285 g/mol. The Bertz CT molecular complexity index is 594. The molecule has 0 spiro atoms. The summed E-state index contributed by atoms with van der Waals surface area (Å²) in [4.78, 5) is 4.75. The molecule has 0 fully saturated rings. The van der Waals surface area contributed by atoms with Gasteiger partial charge in [0.15, 0.2) is 0 Å². The highest BCUT2D eigenvalue weighted by Crippen LogP contribution is 2.32. The van der Waals surface area contributed by atoms with E-state index in [1.165, 1.54) is 17.8 Å². The smallest absolute Gasteiger partial charge is 0.326 e. The SMILES string of the molecule is Cc1cc(Sc2ccc(C(F)(F)F)cn2)ccc1CN. The summed E-state index contributed by atoms with van der Waals surface area (Å²) in [6.07, 6.45) is -3.50. The van der Waals surface area contributed by atoms with Crippen molar-refractivity contribution in [3.05, 3.63) is 53.2 Å². The third-order valence-electron chi connectivity index (χ3n) is 2.82. The van der Waals surface area contributed by atoms with Crippen molar-refractivity contribution in [2.24, 2.45) is 5.73 Å². The average molecular weight is 298 g/mol. The fraction of sp³-hybridized carbons (Fsp3) is 0.214. The molecule has 2 N–H and O–H groups in total. The molecule has 0 aliphatic heterocycles. The van der Waals surface area contributed by atoms with Crippen LogP contribution in [0.2, 0.25) is 0 Å². The van der Waals surface area contributed by atoms with Crippen molar-refractivity contribution in [3.8, 4) is 0 Å². The Labute approximate surface area is 119 Å². The number of pyridine rings is 1. The standard InChI is InChI=1S/C14H13F3N2S/c1-9-6-12(4-2-10(9)7-18)20-13-5-3-11(8-19-13)14(15,16)17/h2-6,8H,7,18H2,1H3. The number of hydrogen-bond donors (Lipinski definition) is 1. The minimum absolute atomic E-state index is 0.468. The number of aromatic nitrogens is 1. The largest absolute Gasteiger partial charge is 0.417 e. The summed E-state index contributed by atoms with van der Waals surface area (Å²) in [6, 6.07) is 8.17. The van der Waals surface area contributed by atoms with Gasteiger partial charge in [-0.15, -0.1) is 0 Å². The normalized spacial score (nSPS) is 11.7. The summed E-state index contributed by atoms with van der Waals surface area (Å²) in [7, 11) is 0. The van der Waals surface area contributed by atoms with Gasteiger partial charge in [-0.05, 0) is 42.3 Å². The van der Waals surface area contributed by atoms with Gasteiger partial charge in [0.25, 0.3) is 0 Å². The monoisotopic (exact) mass is 298 g/mol. The van der Waals surface area contributed by atoms with Crippen LogP contribution in [-0.4, -0.2) is 4.98 Å². The molecule has 0 aliphatic carbocycles. The molecule has 6 heteroatoms. The van der Waals surface area contributed by atoms with E-state index in [9.17, 15) is 13.2 Å². The number of hydrogen-bond acceptors (Lipinski definition) is 3. The van der Waals surface area contributed by atoms with E-state index in [4.69, 9.17) is 5.73 Å². The van der Waals surface area contributed by atoms with Gasteiger partial charge in [0, 0.05) is 17.6 Å². The van der Waals surface area contributed by atoms with Gasteiger partial charge in [-0.25, -0.2) is 4.98 Å². The summed E-state index contributed by atoms with van der Waals surface area (Å²) < 4.78 is 37.3. The Hall–Kier alpha value is -1.53. The third-order valence-corrected chi connectivity index (χ3v) is 3.76. The number of rotatable bonds is 3.